The van der Waals surface area contributed by atoms with Crippen LogP contribution in [0.3, 0.4) is 0 Å². The largest absolute Gasteiger partial charge is 0.481 e. The molecule has 26 heavy (non-hydrogen) atoms. The van der Waals surface area contributed by atoms with Gasteiger partial charge in [0.2, 0.25) is 0 Å². The van der Waals surface area contributed by atoms with E-state index in [1.807, 2.05) is 0 Å². The van der Waals surface area contributed by atoms with Gasteiger partial charge in [0.05, 0.1) is 0 Å². The van der Waals surface area contributed by atoms with Crippen molar-refractivity contribution in [1.29, 1.82) is 0 Å². The summed E-state index contributed by atoms with van der Waals surface area (Å²) in [6.45, 7) is 2.26. The zero-order chi connectivity index (χ0) is 18.7. The summed E-state index contributed by atoms with van der Waals surface area (Å²) in [4.78, 5) is 10.4. The summed E-state index contributed by atoms with van der Waals surface area (Å²) >= 11 is 0. The maximum absolute atomic E-state index is 10.4. The van der Waals surface area contributed by atoms with Crippen molar-refractivity contribution >= 4 is 5.97 Å². The Kier molecular flexibility index (Phi) is 8.41. The summed E-state index contributed by atoms with van der Waals surface area (Å²) in [5.41, 5.74) is 0.697. The van der Waals surface area contributed by atoms with Gasteiger partial charge < -0.3 is 5.11 Å². The van der Waals surface area contributed by atoms with Crippen molar-refractivity contribution in [2.24, 2.45) is 10.8 Å². The molecule has 0 aromatic carbocycles. The minimum Gasteiger partial charge on any atom is -0.481 e. The molecule has 0 atom stereocenters. The van der Waals surface area contributed by atoms with Gasteiger partial charge in [-0.05, 0) is 57.8 Å². The van der Waals surface area contributed by atoms with Crippen molar-refractivity contribution in [3.05, 3.63) is 48.6 Å². The quantitative estimate of drug-likeness (QED) is 0.269. The second-order valence-corrected chi connectivity index (χ2v) is 8.09. The van der Waals surface area contributed by atoms with E-state index in [-0.39, 0.29) is 6.42 Å². The summed E-state index contributed by atoms with van der Waals surface area (Å²) in [7, 11) is 0. The predicted molar refractivity (Wildman–Crippen MR) is 110 cm³/mol. The van der Waals surface area contributed by atoms with Crippen LogP contribution < -0.4 is 0 Å². The van der Waals surface area contributed by atoms with Crippen molar-refractivity contribution in [1.82, 2.24) is 0 Å². The highest BCUT2D eigenvalue weighted by molar-refractivity contribution is 5.66. The lowest BCUT2D eigenvalue weighted by Crippen LogP contribution is -1.94. The molecule has 0 aromatic rings. The Morgan fingerprint density at radius 2 is 1.42 bits per heavy atom. The SMILES string of the molecule is CCCCCC=CC1(C=CC2(C=CCC=CCCCC(=O)O)CC2)CC1. The fourth-order valence-electron chi connectivity index (χ4n) is 3.20. The first-order valence-corrected chi connectivity index (χ1v) is 10.5. The maximum Gasteiger partial charge on any atom is 0.303 e. The third-order valence-corrected chi connectivity index (χ3v) is 5.48. The molecular weight excluding hydrogens is 320 g/mol. The Morgan fingerprint density at radius 1 is 0.808 bits per heavy atom. The number of carboxylic acid groups (broad SMARTS) is 1. The molecule has 2 saturated carbocycles. The molecule has 0 spiro atoms. The molecule has 0 aromatic heterocycles. The number of rotatable bonds is 14. The zero-order valence-electron chi connectivity index (χ0n) is 16.5. The Labute approximate surface area is 159 Å². The lowest BCUT2D eigenvalue weighted by Gasteiger charge is -2.07. The van der Waals surface area contributed by atoms with E-state index in [0.717, 1.165) is 19.3 Å². The Morgan fingerprint density at radius 3 is 2.00 bits per heavy atom. The van der Waals surface area contributed by atoms with E-state index in [9.17, 15) is 4.79 Å². The van der Waals surface area contributed by atoms with Gasteiger partial charge in [0.1, 0.15) is 0 Å². The second-order valence-electron chi connectivity index (χ2n) is 8.09. The van der Waals surface area contributed by atoms with Crippen LogP contribution in [0.4, 0.5) is 0 Å². The number of aliphatic carboxylic acids is 1. The number of hydrogen-bond acceptors (Lipinski definition) is 1. The minimum atomic E-state index is -0.704. The molecule has 2 aliphatic rings. The maximum atomic E-state index is 10.4. The monoisotopic (exact) mass is 356 g/mol. The number of allylic oxidation sites excluding steroid dienone is 8. The van der Waals surface area contributed by atoms with Crippen LogP contribution in [0.5, 0.6) is 0 Å². The Hall–Kier alpha value is -1.57. The molecule has 0 radical (unpaired) electrons. The van der Waals surface area contributed by atoms with Crippen LogP contribution >= 0.6 is 0 Å². The van der Waals surface area contributed by atoms with Gasteiger partial charge in [-0.15, -0.1) is 0 Å². The van der Waals surface area contributed by atoms with E-state index >= 15 is 0 Å². The average Bonchev–Trinajstić information content (AvgIpc) is 3.53. The Bertz CT molecular complexity index is 543. The molecular formula is C24H36O2. The second kappa shape index (κ2) is 10.5. The highest BCUT2D eigenvalue weighted by Crippen LogP contribution is 2.53. The molecule has 0 saturated heterocycles. The molecule has 1 N–H and O–H groups in total. The van der Waals surface area contributed by atoms with Crippen molar-refractivity contribution in [2.75, 3.05) is 0 Å². The molecule has 2 aliphatic carbocycles. The van der Waals surface area contributed by atoms with Crippen LogP contribution in [0.2, 0.25) is 0 Å². The predicted octanol–water partition coefficient (Wildman–Crippen LogP) is 7.00. The van der Waals surface area contributed by atoms with E-state index in [2.05, 4.69) is 55.5 Å². The first-order valence-electron chi connectivity index (χ1n) is 10.5. The van der Waals surface area contributed by atoms with E-state index in [0.29, 0.717) is 10.8 Å². The minimum absolute atomic E-state index is 0.267. The van der Waals surface area contributed by atoms with Crippen LogP contribution in [0.15, 0.2) is 48.6 Å². The molecule has 0 heterocycles. The third-order valence-electron chi connectivity index (χ3n) is 5.48. The van der Waals surface area contributed by atoms with Gasteiger partial charge in [-0.3, -0.25) is 4.79 Å². The van der Waals surface area contributed by atoms with Crippen molar-refractivity contribution in [3.63, 3.8) is 0 Å². The molecule has 0 unspecified atom stereocenters. The summed E-state index contributed by atoms with van der Waals surface area (Å²) in [5.74, 6) is -0.704. The van der Waals surface area contributed by atoms with E-state index in [1.54, 1.807) is 0 Å². The van der Waals surface area contributed by atoms with Gasteiger partial charge in [0.25, 0.3) is 0 Å². The summed E-state index contributed by atoms with van der Waals surface area (Å²) in [6, 6.07) is 0. The average molecular weight is 357 g/mol. The highest BCUT2D eigenvalue weighted by Gasteiger charge is 2.41. The van der Waals surface area contributed by atoms with Crippen molar-refractivity contribution in [2.45, 2.75) is 84.0 Å². The van der Waals surface area contributed by atoms with Gasteiger partial charge in [-0.25, -0.2) is 0 Å². The van der Waals surface area contributed by atoms with E-state index in [1.165, 1.54) is 51.4 Å². The number of carbonyl (C=O) groups is 1. The standard InChI is InChI=1S/C24H36O2/c1-2-3-4-8-11-14-23(16-17-23)18-19-24(20-21-24)15-12-9-6-5-7-10-13-22(25)26/h5-6,11-12,14-15,18-19H,2-4,7-10,13,16-17,20-21H2,1H3,(H,25,26). The Balaban J connectivity index is 1.67. The lowest BCUT2D eigenvalue weighted by molar-refractivity contribution is -0.137. The summed E-state index contributed by atoms with van der Waals surface area (Å²) in [5, 5.41) is 8.60. The molecule has 2 heteroatoms. The van der Waals surface area contributed by atoms with Crippen LogP contribution in [0.25, 0.3) is 0 Å². The van der Waals surface area contributed by atoms with Gasteiger partial charge in [0, 0.05) is 17.3 Å². The van der Waals surface area contributed by atoms with Gasteiger partial charge >= 0.3 is 5.97 Å². The van der Waals surface area contributed by atoms with Gasteiger partial charge in [-0.1, -0.05) is 68.4 Å². The van der Waals surface area contributed by atoms with Crippen LogP contribution in [-0.4, -0.2) is 11.1 Å². The molecule has 0 aliphatic heterocycles. The molecule has 0 amide bonds. The summed E-state index contributed by atoms with van der Waals surface area (Å²) in [6.07, 6.45) is 31.9. The van der Waals surface area contributed by atoms with Crippen LogP contribution in [0, 0.1) is 10.8 Å². The molecule has 2 fully saturated rings. The lowest BCUT2D eigenvalue weighted by atomic mass is 9.98. The number of carboxylic acids is 1. The smallest absolute Gasteiger partial charge is 0.303 e. The fraction of sp³-hybridized carbons (Fsp3) is 0.625. The molecule has 144 valence electrons. The van der Waals surface area contributed by atoms with Crippen LogP contribution in [0.1, 0.15) is 84.0 Å². The molecule has 2 rings (SSSR count). The van der Waals surface area contributed by atoms with E-state index in [4.69, 9.17) is 5.11 Å². The van der Waals surface area contributed by atoms with Crippen molar-refractivity contribution < 1.29 is 9.90 Å². The number of hydrogen-bond donors (Lipinski definition) is 1. The molecule has 0 bridgehead atoms. The molecule has 2 nitrogen and oxygen atoms in total. The third kappa shape index (κ3) is 8.21. The number of unbranched alkanes of at least 4 members (excludes halogenated alkanes) is 4. The van der Waals surface area contributed by atoms with Gasteiger partial charge in [0.15, 0.2) is 0 Å². The highest BCUT2D eigenvalue weighted by atomic mass is 16.4. The van der Waals surface area contributed by atoms with E-state index < -0.39 is 5.97 Å². The van der Waals surface area contributed by atoms with Crippen molar-refractivity contribution in [3.8, 4) is 0 Å². The van der Waals surface area contributed by atoms with Gasteiger partial charge in [-0.2, -0.15) is 0 Å². The first-order chi connectivity index (χ1) is 12.6. The van der Waals surface area contributed by atoms with Crippen LogP contribution in [-0.2, 0) is 4.79 Å². The zero-order valence-corrected chi connectivity index (χ0v) is 16.5. The first kappa shape index (κ1) is 20.7. The summed E-state index contributed by atoms with van der Waals surface area (Å²) < 4.78 is 0. The fourth-order valence-corrected chi connectivity index (χ4v) is 3.20. The topological polar surface area (TPSA) is 37.3 Å². The normalized spacial score (nSPS) is 20.7.